The Morgan fingerprint density at radius 2 is 1.76 bits per heavy atom. The van der Waals surface area contributed by atoms with Crippen LogP contribution in [0, 0.1) is 0 Å². The average molecular weight is 311 g/mol. The lowest BCUT2D eigenvalue weighted by Gasteiger charge is -2.31. The first kappa shape index (κ1) is 15.9. The van der Waals surface area contributed by atoms with Gasteiger partial charge in [-0.2, -0.15) is 17.0 Å². The van der Waals surface area contributed by atoms with Crippen molar-refractivity contribution < 1.29 is 13.2 Å². The van der Waals surface area contributed by atoms with Gasteiger partial charge in [0.15, 0.2) is 0 Å². The molecule has 0 unspecified atom stereocenters. The van der Waals surface area contributed by atoms with Crippen LogP contribution in [-0.2, 0) is 15.0 Å². The van der Waals surface area contributed by atoms with Crippen molar-refractivity contribution in [3.63, 3.8) is 0 Å². The largest absolute Gasteiger partial charge is 0.324 e. The summed E-state index contributed by atoms with van der Waals surface area (Å²) in [6, 6.07) is 9.22. The zero-order valence-electron chi connectivity index (χ0n) is 12.6. The second-order valence-electron chi connectivity index (χ2n) is 4.93. The molecule has 0 spiro atoms. The van der Waals surface area contributed by atoms with E-state index in [1.54, 1.807) is 20.9 Å². The molecule has 1 amide bonds. The van der Waals surface area contributed by atoms with E-state index in [0.717, 1.165) is 5.56 Å². The summed E-state index contributed by atoms with van der Waals surface area (Å²) in [6.07, 6.45) is -0.579. The molecule has 0 aliphatic carbocycles. The third-order valence-electron chi connectivity index (χ3n) is 3.75. The van der Waals surface area contributed by atoms with Gasteiger partial charge in [-0.3, -0.25) is 4.79 Å². The second kappa shape index (κ2) is 6.13. The highest BCUT2D eigenvalue weighted by atomic mass is 32.2. The molecule has 0 saturated carbocycles. The van der Waals surface area contributed by atoms with Gasteiger partial charge in [0.25, 0.3) is 10.2 Å². The Morgan fingerprint density at radius 3 is 2.29 bits per heavy atom. The summed E-state index contributed by atoms with van der Waals surface area (Å²) in [5.41, 5.74) is 0.793. The number of hydrogen-bond acceptors (Lipinski definition) is 3. The molecule has 1 aliphatic rings. The zero-order valence-corrected chi connectivity index (χ0v) is 13.4. The number of amides is 1. The summed E-state index contributed by atoms with van der Waals surface area (Å²) in [4.78, 5) is 13.5. The predicted molar refractivity (Wildman–Crippen MR) is 80.5 cm³/mol. The Bertz CT molecular complexity index is 599. The summed E-state index contributed by atoms with van der Waals surface area (Å²) in [5, 5.41) is 0. The first-order valence-electron chi connectivity index (χ1n) is 7.01. The molecule has 6 nitrogen and oxygen atoms in total. The van der Waals surface area contributed by atoms with E-state index in [9.17, 15) is 13.2 Å². The smallest absolute Gasteiger partial charge is 0.284 e. The van der Waals surface area contributed by atoms with Crippen LogP contribution in [0.3, 0.4) is 0 Å². The molecule has 7 heteroatoms. The minimum atomic E-state index is -3.66. The minimum Gasteiger partial charge on any atom is -0.324 e. The van der Waals surface area contributed by atoms with Crippen LogP contribution in [-0.4, -0.2) is 54.5 Å². The van der Waals surface area contributed by atoms with Gasteiger partial charge in [0.05, 0.1) is 6.54 Å². The molecule has 0 N–H and O–H groups in total. The van der Waals surface area contributed by atoms with Crippen molar-refractivity contribution >= 4 is 16.1 Å². The Labute approximate surface area is 126 Å². The van der Waals surface area contributed by atoms with Gasteiger partial charge in [-0.05, 0) is 5.56 Å². The fourth-order valence-electron chi connectivity index (χ4n) is 2.58. The lowest BCUT2D eigenvalue weighted by Crippen LogP contribution is -2.44. The van der Waals surface area contributed by atoms with Crippen LogP contribution >= 0.6 is 0 Å². The highest BCUT2D eigenvalue weighted by Gasteiger charge is 2.44. The highest BCUT2D eigenvalue weighted by Crippen LogP contribution is 2.32. The van der Waals surface area contributed by atoms with Crippen molar-refractivity contribution in [1.29, 1.82) is 0 Å². The molecule has 1 heterocycles. The molecule has 116 valence electrons. The van der Waals surface area contributed by atoms with Crippen molar-refractivity contribution in [2.75, 3.05) is 26.7 Å². The van der Waals surface area contributed by atoms with E-state index in [1.807, 2.05) is 30.3 Å². The Kier molecular flexibility index (Phi) is 4.65. The van der Waals surface area contributed by atoms with E-state index < -0.39 is 16.4 Å². The topological polar surface area (TPSA) is 60.9 Å². The van der Waals surface area contributed by atoms with Crippen molar-refractivity contribution in [3.8, 4) is 0 Å². The lowest BCUT2D eigenvalue weighted by atomic mass is 10.2. The van der Waals surface area contributed by atoms with E-state index >= 15 is 0 Å². The maximum Gasteiger partial charge on any atom is 0.284 e. The van der Waals surface area contributed by atoms with Crippen LogP contribution in [0.1, 0.15) is 25.6 Å². The van der Waals surface area contributed by atoms with Crippen LogP contribution in [0.15, 0.2) is 30.3 Å². The lowest BCUT2D eigenvalue weighted by molar-refractivity contribution is -0.126. The summed E-state index contributed by atoms with van der Waals surface area (Å²) in [5.74, 6) is -0.195. The Morgan fingerprint density at radius 1 is 1.19 bits per heavy atom. The highest BCUT2D eigenvalue weighted by molar-refractivity contribution is 7.86. The standard InChI is InChI=1S/C14H21N3O3S/c1-4-16(5-2)21(19,20)17-11-13(18)15(3)14(17)12-9-7-6-8-10-12/h6-10,14H,4-5,11H2,1-3H3/t14-/m0/s1. The van der Waals surface area contributed by atoms with Gasteiger partial charge in [-0.15, -0.1) is 0 Å². The molecule has 1 fully saturated rings. The average Bonchev–Trinajstić information content (AvgIpc) is 2.77. The monoisotopic (exact) mass is 311 g/mol. The summed E-state index contributed by atoms with van der Waals surface area (Å²) < 4.78 is 28.1. The third-order valence-corrected chi connectivity index (χ3v) is 5.84. The third kappa shape index (κ3) is 2.81. The van der Waals surface area contributed by atoms with Gasteiger partial charge in [-0.1, -0.05) is 44.2 Å². The maximum absolute atomic E-state index is 12.7. The molecule has 0 aromatic heterocycles. The number of carbonyl (C=O) groups excluding carboxylic acids is 1. The molecular formula is C14H21N3O3S. The quantitative estimate of drug-likeness (QED) is 0.816. The molecule has 1 aromatic carbocycles. The Hall–Kier alpha value is -1.44. The van der Waals surface area contributed by atoms with Crippen LogP contribution in [0.4, 0.5) is 0 Å². The van der Waals surface area contributed by atoms with Crippen molar-refractivity contribution in [3.05, 3.63) is 35.9 Å². The molecule has 0 bridgehead atoms. The van der Waals surface area contributed by atoms with Crippen molar-refractivity contribution in [2.45, 2.75) is 20.0 Å². The molecule has 1 saturated heterocycles. The first-order chi connectivity index (χ1) is 9.93. The minimum absolute atomic E-state index is 0.116. The van der Waals surface area contributed by atoms with E-state index in [2.05, 4.69) is 0 Å². The van der Waals surface area contributed by atoms with E-state index in [-0.39, 0.29) is 12.5 Å². The Balaban J connectivity index is 2.44. The molecule has 2 rings (SSSR count). The fourth-order valence-corrected chi connectivity index (χ4v) is 4.32. The number of nitrogens with zero attached hydrogens (tertiary/aromatic N) is 3. The normalized spacial score (nSPS) is 20.5. The number of likely N-dealkylation sites (N-methyl/N-ethyl adjacent to an activating group) is 1. The number of carbonyl (C=O) groups is 1. The van der Waals surface area contributed by atoms with Crippen LogP contribution in [0.2, 0.25) is 0 Å². The molecule has 0 radical (unpaired) electrons. The van der Waals surface area contributed by atoms with E-state index in [4.69, 9.17) is 0 Å². The molecule has 21 heavy (non-hydrogen) atoms. The number of hydrogen-bond donors (Lipinski definition) is 0. The molecule has 1 aliphatic heterocycles. The fraction of sp³-hybridized carbons (Fsp3) is 0.500. The van der Waals surface area contributed by atoms with Gasteiger partial charge in [-0.25, -0.2) is 0 Å². The SMILES string of the molecule is CCN(CC)S(=O)(=O)N1CC(=O)N(C)[C@@H]1c1ccccc1. The zero-order chi connectivity index (χ0) is 15.6. The van der Waals surface area contributed by atoms with Gasteiger partial charge in [0.2, 0.25) is 5.91 Å². The number of rotatable bonds is 5. The van der Waals surface area contributed by atoms with Gasteiger partial charge in [0, 0.05) is 20.1 Å². The van der Waals surface area contributed by atoms with Gasteiger partial charge >= 0.3 is 0 Å². The second-order valence-corrected chi connectivity index (χ2v) is 6.81. The molecule has 1 aromatic rings. The van der Waals surface area contributed by atoms with Crippen molar-refractivity contribution in [2.24, 2.45) is 0 Å². The maximum atomic E-state index is 12.7. The molecular weight excluding hydrogens is 290 g/mol. The summed E-state index contributed by atoms with van der Waals surface area (Å²) in [7, 11) is -2.02. The van der Waals surface area contributed by atoms with Gasteiger partial charge < -0.3 is 4.90 Å². The summed E-state index contributed by atoms with van der Waals surface area (Å²) >= 11 is 0. The summed E-state index contributed by atoms with van der Waals surface area (Å²) in [6.45, 7) is 4.23. The molecule has 1 atom stereocenters. The van der Waals surface area contributed by atoms with E-state index in [0.29, 0.717) is 13.1 Å². The van der Waals surface area contributed by atoms with Gasteiger partial charge in [0.1, 0.15) is 6.17 Å². The first-order valence-corrected chi connectivity index (χ1v) is 8.40. The predicted octanol–water partition coefficient (Wildman–Crippen LogP) is 1.05. The van der Waals surface area contributed by atoms with Crippen LogP contribution in [0.5, 0.6) is 0 Å². The van der Waals surface area contributed by atoms with E-state index in [1.165, 1.54) is 13.5 Å². The van der Waals surface area contributed by atoms with Crippen LogP contribution < -0.4 is 0 Å². The number of benzene rings is 1. The van der Waals surface area contributed by atoms with Crippen molar-refractivity contribution in [1.82, 2.24) is 13.5 Å². The van der Waals surface area contributed by atoms with Crippen LogP contribution in [0.25, 0.3) is 0 Å².